The highest BCUT2D eigenvalue weighted by atomic mass is 16.5. The van der Waals surface area contributed by atoms with Crippen molar-refractivity contribution in [1.29, 1.82) is 0 Å². The fraction of sp³-hybridized carbons (Fsp3) is 0.667. The van der Waals surface area contributed by atoms with Crippen LogP contribution < -0.4 is 10.5 Å². The van der Waals surface area contributed by atoms with Crippen LogP contribution in [0.4, 0.5) is 0 Å². The Morgan fingerprint density at radius 3 is 2.71 bits per heavy atom. The zero-order valence-electron chi connectivity index (χ0n) is 13.4. The van der Waals surface area contributed by atoms with E-state index in [0.717, 1.165) is 30.4 Å². The van der Waals surface area contributed by atoms with E-state index in [9.17, 15) is 0 Å². The normalized spacial score (nSPS) is 20.2. The molecule has 118 valence electrons. The number of likely N-dealkylation sites (tertiary alicyclic amines) is 1. The summed E-state index contributed by atoms with van der Waals surface area (Å²) in [6.45, 7) is 7.17. The van der Waals surface area contributed by atoms with E-state index in [4.69, 9.17) is 10.5 Å². The molecule has 1 aliphatic rings. The molecule has 0 aliphatic carbocycles. The first-order valence-corrected chi connectivity index (χ1v) is 8.46. The summed E-state index contributed by atoms with van der Waals surface area (Å²) in [5, 5.41) is 0. The largest absolute Gasteiger partial charge is 0.492 e. The minimum atomic E-state index is 0.590. The molecule has 0 aromatic heterocycles. The smallest absolute Gasteiger partial charge is 0.119 e. The van der Waals surface area contributed by atoms with E-state index in [1.54, 1.807) is 0 Å². The molecule has 3 heteroatoms. The number of rotatable bonds is 7. The zero-order chi connectivity index (χ0) is 14.9. The lowest BCUT2D eigenvalue weighted by Gasteiger charge is -2.20. The van der Waals surface area contributed by atoms with Crippen LogP contribution in [0.1, 0.15) is 44.6 Å². The lowest BCUT2D eigenvalue weighted by atomic mass is 9.96. The Labute approximate surface area is 129 Å². The van der Waals surface area contributed by atoms with Gasteiger partial charge in [-0.3, -0.25) is 4.90 Å². The molecule has 0 saturated carbocycles. The molecule has 0 spiro atoms. The third-order valence-electron chi connectivity index (χ3n) is 4.47. The molecule has 0 amide bonds. The molecule has 1 aromatic rings. The van der Waals surface area contributed by atoms with Crippen LogP contribution in [0.5, 0.6) is 5.75 Å². The van der Waals surface area contributed by atoms with Crippen molar-refractivity contribution in [3.8, 4) is 5.75 Å². The molecular weight excluding hydrogens is 260 g/mol. The summed E-state index contributed by atoms with van der Waals surface area (Å²) in [5.41, 5.74) is 6.75. The van der Waals surface area contributed by atoms with Gasteiger partial charge in [0.15, 0.2) is 0 Å². The predicted molar refractivity (Wildman–Crippen MR) is 88.5 cm³/mol. The Morgan fingerprint density at radius 1 is 1.19 bits per heavy atom. The number of benzene rings is 1. The second-order valence-electron chi connectivity index (χ2n) is 6.12. The van der Waals surface area contributed by atoms with Crippen molar-refractivity contribution in [2.75, 3.05) is 26.2 Å². The first kappa shape index (κ1) is 16.3. The fourth-order valence-corrected chi connectivity index (χ4v) is 3.16. The highest BCUT2D eigenvalue weighted by Gasteiger charge is 2.16. The number of hydrogen-bond donors (Lipinski definition) is 1. The van der Waals surface area contributed by atoms with Crippen LogP contribution in [-0.2, 0) is 6.54 Å². The van der Waals surface area contributed by atoms with Gasteiger partial charge in [0.25, 0.3) is 0 Å². The van der Waals surface area contributed by atoms with Crippen molar-refractivity contribution < 1.29 is 4.74 Å². The summed E-state index contributed by atoms with van der Waals surface area (Å²) < 4.78 is 5.84. The number of nitrogens with zero attached hydrogens (tertiary/aromatic N) is 1. The molecule has 2 rings (SSSR count). The van der Waals surface area contributed by atoms with Gasteiger partial charge in [0.1, 0.15) is 12.4 Å². The van der Waals surface area contributed by atoms with Gasteiger partial charge < -0.3 is 10.5 Å². The van der Waals surface area contributed by atoms with Crippen molar-refractivity contribution in [2.45, 2.75) is 45.6 Å². The van der Waals surface area contributed by atoms with Crippen LogP contribution in [0.3, 0.4) is 0 Å². The third-order valence-corrected chi connectivity index (χ3v) is 4.47. The van der Waals surface area contributed by atoms with Crippen molar-refractivity contribution >= 4 is 0 Å². The summed E-state index contributed by atoms with van der Waals surface area (Å²) in [5.74, 6) is 1.90. The minimum Gasteiger partial charge on any atom is -0.492 e. The van der Waals surface area contributed by atoms with Crippen LogP contribution >= 0.6 is 0 Å². The highest BCUT2D eigenvalue weighted by Crippen LogP contribution is 2.21. The van der Waals surface area contributed by atoms with Crippen LogP contribution in [0.2, 0.25) is 0 Å². The van der Waals surface area contributed by atoms with Crippen molar-refractivity contribution in [1.82, 2.24) is 4.90 Å². The Morgan fingerprint density at radius 2 is 2.00 bits per heavy atom. The van der Waals surface area contributed by atoms with Gasteiger partial charge in [-0.1, -0.05) is 31.9 Å². The maximum Gasteiger partial charge on any atom is 0.119 e. The number of ether oxygens (including phenoxy) is 1. The van der Waals surface area contributed by atoms with E-state index in [2.05, 4.69) is 11.8 Å². The summed E-state index contributed by atoms with van der Waals surface area (Å²) in [4.78, 5) is 2.56. The average molecular weight is 290 g/mol. The zero-order valence-corrected chi connectivity index (χ0v) is 13.4. The maximum atomic E-state index is 5.84. The second kappa shape index (κ2) is 9.06. The molecule has 0 bridgehead atoms. The van der Waals surface area contributed by atoms with Crippen LogP contribution in [-0.4, -0.2) is 31.1 Å². The molecule has 1 aliphatic heterocycles. The number of hydrogen-bond acceptors (Lipinski definition) is 3. The molecule has 1 fully saturated rings. The lowest BCUT2D eigenvalue weighted by Crippen LogP contribution is -2.29. The first-order valence-electron chi connectivity index (χ1n) is 8.46. The Bertz CT molecular complexity index is 391. The maximum absolute atomic E-state index is 5.84. The molecule has 1 heterocycles. The molecule has 3 nitrogen and oxygen atoms in total. The van der Waals surface area contributed by atoms with Gasteiger partial charge >= 0.3 is 0 Å². The lowest BCUT2D eigenvalue weighted by molar-refractivity contribution is 0.212. The van der Waals surface area contributed by atoms with Crippen molar-refractivity contribution in [2.24, 2.45) is 11.7 Å². The molecule has 0 radical (unpaired) electrons. The van der Waals surface area contributed by atoms with Crippen LogP contribution in [0, 0.1) is 5.92 Å². The van der Waals surface area contributed by atoms with Gasteiger partial charge in [-0.15, -0.1) is 0 Å². The van der Waals surface area contributed by atoms with Crippen LogP contribution in [0.25, 0.3) is 0 Å². The predicted octanol–water partition coefficient (Wildman–Crippen LogP) is 3.43. The summed E-state index contributed by atoms with van der Waals surface area (Å²) in [6, 6.07) is 8.11. The molecule has 1 unspecified atom stereocenters. The fourth-order valence-electron chi connectivity index (χ4n) is 3.16. The Hall–Kier alpha value is -1.06. The van der Waals surface area contributed by atoms with Gasteiger partial charge in [0.2, 0.25) is 0 Å². The number of nitrogens with two attached hydrogens (primary N) is 1. The first-order chi connectivity index (χ1) is 10.3. The van der Waals surface area contributed by atoms with Crippen molar-refractivity contribution in [3.05, 3.63) is 29.8 Å². The molecule has 2 N–H and O–H groups in total. The third kappa shape index (κ3) is 5.68. The molecule has 21 heavy (non-hydrogen) atoms. The minimum absolute atomic E-state index is 0.590. The summed E-state index contributed by atoms with van der Waals surface area (Å²) in [6.07, 6.45) is 6.84. The molecule has 1 atom stereocenters. The Balaban J connectivity index is 1.68. The highest BCUT2D eigenvalue weighted by molar-refractivity contribution is 5.27. The Kier molecular flexibility index (Phi) is 7.04. The van der Waals surface area contributed by atoms with Gasteiger partial charge in [-0.05, 0) is 56.0 Å². The summed E-state index contributed by atoms with van der Waals surface area (Å²) >= 11 is 0. The van der Waals surface area contributed by atoms with E-state index in [1.807, 2.05) is 24.3 Å². The van der Waals surface area contributed by atoms with E-state index in [1.165, 1.54) is 45.2 Å². The quantitative estimate of drug-likeness (QED) is 0.836. The molecular formula is C18H30N2O. The summed E-state index contributed by atoms with van der Waals surface area (Å²) in [7, 11) is 0. The standard InChI is InChI=1S/C18H30N2O/c1-2-4-16-5-3-11-20(12-10-16)13-14-21-18-8-6-17(15-19)7-9-18/h6-9,16H,2-5,10-15,19H2,1H3. The van der Waals surface area contributed by atoms with Gasteiger partial charge in [-0.25, -0.2) is 0 Å². The molecule has 1 aromatic carbocycles. The van der Waals surface area contributed by atoms with Crippen molar-refractivity contribution in [3.63, 3.8) is 0 Å². The van der Waals surface area contributed by atoms with Gasteiger partial charge in [0.05, 0.1) is 0 Å². The van der Waals surface area contributed by atoms with E-state index >= 15 is 0 Å². The van der Waals surface area contributed by atoms with E-state index in [0.29, 0.717) is 6.54 Å². The topological polar surface area (TPSA) is 38.5 Å². The average Bonchev–Trinajstić information content (AvgIpc) is 2.74. The van der Waals surface area contributed by atoms with Gasteiger partial charge in [-0.2, -0.15) is 0 Å². The molecule has 1 saturated heterocycles. The SMILES string of the molecule is CCCC1CCCN(CCOc2ccc(CN)cc2)CC1. The monoisotopic (exact) mass is 290 g/mol. The van der Waals surface area contributed by atoms with Gasteiger partial charge in [0, 0.05) is 13.1 Å². The van der Waals surface area contributed by atoms with Crippen LogP contribution in [0.15, 0.2) is 24.3 Å². The van der Waals surface area contributed by atoms with E-state index < -0.39 is 0 Å². The van der Waals surface area contributed by atoms with E-state index in [-0.39, 0.29) is 0 Å². The second-order valence-corrected chi connectivity index (χ2v) is 6.12.